The van der Waals surface area contributed by atoms with E-state index in [9.17, 15) is 4.79 Å². The molecule has 1 heterocycles. The Bertz CT molecular complexity index is 157. The molecule has 1 aliphatic heterocycles. The summed E-state index contributed by atoms with van der Waals surface area (Å²) < 4.78 is 0. The molecule has 0 aliphatic carbocycles. The second kappa shape index (κ2) is 5.02. The molecule has 0 aromatic carbocycles. The molecule has 2 unspecified atom stereocenters. The van der Waals surface area contributed by atoms with E-state index in [0.717, 1.165) is 25.0 Å². The van der Waals surface area contributed by atoms with Crippen molar-refractivity contribution in [3.8, 4) is 0 Å². The maximum Gasteiger partial charge on any atom is 0.242 e. The highest BCUT2D eigenvalue weighted by Gasteiger charge is 2.29. The van der Waals surface area contributed by atoms with Crippen molar-refractivity contribution in [2.24, 2.45) is 5.92 Å². The first-order valence-corrected chi connectivity index (χ1v) is 6.67. The molecule has 0 aromatic heterocycles. The fourth-order valence-corrected chi connectivity index (χ4v) is 4.58. The van der Waals surface area contributed by atoms with Crippen molar-refractivity contribution >= 4 is 27.5 Å². The monoisotopic (exact) mass is 204 g/mol. The highest BCUT2D eigenvalue weighted by molar-refractivity contribution is 8.77. The van der Waals surface area contributed by atoms with E-state index in [-0.39, 0.29) is 11.8 Å². The zero-order chi connectivity index (χ0) is 8.97. The third-order valence-corrected chi connectivity index (χ3v) is 5.06. The van der Waals surface area contributed by atoms with E-state index in [1.807, 2.05) is 10.8 Å². The first kappa shape index (κ1) is 10.3. The maximum absolute atomic E-state index is 11.0. The molecule has 0 aromatic rings. The van der Waals surface area contributed by atoms with Crippen LogP contribution in [0.25, 0.3) is 0 Å². The van der Waals surface area contributed by atoms with Crippen LogP contribution in [0.1, 0.15) is 26.2 Å². The van der Waals surface area contributed by atoms with Crippen molar-refractivity contribution in [3.63, 3.8) is 0 Å². The lowest BCUT2D eigenvalue weighted by atomic mass is 9.97. The van der Waals surface area contributed by atoms with Crippen molar-refractivity contribution in [1.29, 1.82) is 0 Å². The second-order valence-electron chi connectivity index (χ2n) is 3.00. The number of nitrogens with one attached hydrogen (secondary N) is 1. The number of hydrogen-bond donors (Lipinski definition) is 0. The highest BCUT2D eigenvalue weighted by Crippen LogP contribution is 2.42. The smallest absolute Gasteiger partial charge is 0.242 e. The summed E-state index contributed by atoms with van der Waals surface area (Å²) >= 11 is 0. The third-order valence-electron chi connectivity index (χ3n) is 2.06. The lowest BCUT2D eigenvalue weighted by Crippen LogP contribution is -2.25. The average Bonchev–Trinajstić information content (AvgIpc) is 2.51. The van der Waals surface area contributed by atoms with E-state index < -0.39 is 0 Å². The molecular weight excluding hydrogens is 190 g/mol. The number of rotatable bonds is 4. The fraction of sp³-hybridized carbons (Fsp3) is 0.875. The Morgan fingerprint density at radius 2 is 2.50 bits per heavy atom. The first-order valence-electron chi connectivity index (χ1n) is 4.29. The molecule has 1 N–H and O–H groups in total. The lowest BCUT2D eigenvalue weighted by molar-refractivity contribution is -0.122. The first-order chi connectivity index (χ1) is 5.75. The summed E-state index contributed by atoms with van der Waals surface area (Å²) in [5, 5.41) is 0.417. The van der Waals surface area contributed by atoms with Crippen molar-refractivity contribution < 1.29 is 4.79 Å². The van der Waals surface area contributed by atoms with Gasteiger partial charge >= 0.3 is 0 Å². The summed E-state index contributed by atoms with van der Waals surface area (Å²) in [5.74, 6) is 0.773. The van der Waals surface area contributed by atoms with Crippen LogP contribution in [0.5, 0.6) is 0 Å². The van der Waals surface area contributed by atoms with Crippen LogP contribution in [0, 0.1) is 5.92 Å². The minimum atomic E-state index is -0.364. The van der Waals surface area contributed by atoms with Gasteiger partial charge in [0.1, 0.15) is 0 Å². The summed E-state index contributed by atoms with van der Waals surface area (Å²) in [4.78, 5) is 11.0. The molecule has 69 valence electrons. The quantitative estimate of drug-likeness (QED) is 0.660. The van der Waals surface area contributed by atoms with Crippen LogP contribution in [0.15, 0.2) is 0 Å². The van der Waals surface area contributed by atoms with Crippen molar-refractivity contribution in [1.82, 2.24) is 5.73 Å². The van der Waals surface area contributed by atoms with Gasteiger partial charge in [0.15, 0.2) is 0 Å². The molecule has 2 atom stereocenters. The van der Waals surface area contributed by atoms with Crippen LogP contribution >= 0.6 is 21.6 Å². The van der Waals surface area contributed by atoms with E-state index in [1.165, 1.54) is 0 Å². The summed E-state index contributed by atoms with van der Waals surface area (Å²) in [7, 11) is 3.63. The van der Waals surface area contributed by atoms with Crippen LogP contribution in [-0.2, 0) is 4.79 Å². The van der Waals surface area contributed by atoms with Crippen LogP contribution in [-0.4, -0.2) is 16.9 Å². The van der Waals surface area contributed by atoms with Gasteiger partial charge in [0.25, 0.3) is 0 Å². The van der Waals surface area contributed by atoms with Crippen LogP contribution in [0.3, 0.4) is 0 Å². The number of hydrogen-bond acceptors (Lipinski definition) is 3. The van der Waals surface area contributed by atoms with E-state index in [1.54, 1.807) is 10.8 Å². The van der Waals surface area contributed by atoms with Crippen LogP contribution in [0.4, 0.5) is 0 Å². The predicted molar refractivity (Wildman–Crippen MR) is 55.0 cm³/mol. The fourth-order valence-electron chi connectivity index (χ4n) is 1.41. The number of carbonyl (C=O) groups is 1. The van der Waals surface area contributed by atoms with Gasteiger partial charge in [-0.1, -0.05) is 34.9 Å². The van der Waals surface area contributed by atoms with Gasteiger partial charge in [-0.2, -0.15) is 0 Å². The van der Waals surface area contributed by atoms with Gasteiger partial charge in [-0.05, 0) is 12.8 Å². The third kappa shape index (κ3) is 2.59. The molecule has 1 radical (unpaired) electrons. The molecule has 1 fully saturated rings. The van der Waals surface area contributed by atoms with E-state index in [0.29, 0.717) is 5.25 Å². The molecule has 1 saturated heterocycles. The van der Waals surface area contributed by atoms with Crippen molar-refractivity contribution in [2.75, 3.05) is 5.75 Å². The largest absolute Gasteiger partial charge is 0.273 e. The SMILES string of the molecule is CCCC(C([NH])=O)C1CCSS1. The van der Waals surface area contributed by atoms with E-state index in [4.69, 9.17) is 5.73 Å². The van der Waals surface area contributed by atoms with Crippen molar-refractivity contribution in [3.05, 3.63) is 0 Å². The minimum Gasteiger partial charge on any atom is -0.273 e. The summed E-state index contributed by atoms with van der Waals surface area (Å²) in [6.07, 6.45) is 3.00. The average molecular weight is 204 g/mol. The van der Waals surface area contributed by atoms with Gasteiger partial charge in [0.05, 0.1) is 5.92 Å². The predicted octanol–water partition coefficient (Wildman–Crippen LogP) is 2.37. The molecule has 1 rings (SSSR count). The van der Waals surface area contributed by atoms with E-state index >= 15 is 0 Å². The lowest BCUT2D eigenvalue weighted by Gasteiger charge is -2.16. The second-order valence-corrected chi connectivity index (χ2v) is 5.73. The molecule has 1 amide bonds. The Kier molecular flexibility index (Phi) is 4.29. The number of amides is 1. The Morgan fingerprint density at radius 1 is 1.75 bits per heavy atom. The molecular formula is C8H14NOS2. The summed E-state index contributed by atoms with van der Waals surface area (Å²) in [6, 6.07) is 0. The summed E-state index contributed by atoms with van der Waals surface area (Å²) in [5.41, 5.74) is 7.14. The Hall–Kier alpha value is 0.170. The molecule has 0 spiro atoms. The van der Waals surface area contributed by atoms with Crippen molar-refractivity contribution in [2.45, 2.75) is 31.4 Å². The Balaban J connectivity index is 2.45. The van der Waals surface area contributed by atoms with E-state index in [2.05, 4.69) is 6.92 Å². The zero-order valence-electron chi connectivity index (χ0n) is 7.21. The van der Waals surface area contributed by atoms with Gasteiger partial charge in [-0.25, -0.2) is 0 Å². The topological polar surface area (TPSA) is 40.9 Å². The molecule has 0 bridgehead atoms. The molecule has 2 nitrogen and oxygen atoms in total. The van der Waals surface area contributed by atoms with Gasteiger partial charge < -0.3 is 0 Å². The minimum absolute atomic E-state index is 0.00463. The van der Waals surface area contributed by atoms with Gasteiger partial charge in [0, 0.05) is 11.0 Å². The van der Waals surface area contributed by atoms with Gasteiger partial charge in [-0.15, -0.1) is 0 Å². The Morgan fingerprint density at radius 3 is 2.92 bits per heavy atom. The Labute approximate surface area is 81.4 Å². The summed E-state index contributed by atoms with van der Waals surface area (Å²) in [6.45, 7) is 2.07. The zero-order valence-corrected chi connectivity index (χ0v) is 8.84. The van der Waals surface area contributed by atoms with Crippen LogP contribution < -0.4 is 5.73 Å². The van der Waals surface area contributed by atoms with Gasteiger partial charge in [-0.3, -0.25) is 10.5 Å². The highest BCUT2D eigenvalue weighted by atomic mass is 33.1. The van der Waals surface area contributed by atoms with Gasteiger partial charge in [0.2, 0.25) is 5.91 Å². The molecule has 12 heavy (non-hydrogen) atoms. The molecule has 4 heteroatoms. The molecule has 1 aliphatic rings. The molecule has 0 saturated carbocycles. The number of carbonyl (C=O) groups excluding carboxylic acids is 1. The normalized spacial score (nSPS) is 25.6. The standard InChI is InChI=1S/C8H14NOS2/c1-2-3-6(8(9)10)7-4-5-11-12-7/h6-7,9H,2-5H2,1H3. The van der Waals surface area contributed by atoms with Crippen LogP contribution in [0.2, 0.25) is 0 Å². The maximum atomic E-state index is 11.0.